The normalized spacial score (nSPS) is 12.4. The van der Waals surface area contributed by atoms with Crippen molar-refractivity contribution < 1.29 is 4.57 Å². The van der Waals surface area contributed by atoms with Crippen molar-refractivity contribution in [3.05, 3.63) is 53.6 Å². The lowest BCUT2D eigenvalue weighted by atomic mass is 9.99. The van der Waals surface area contributed by atoms with Gasteiger partial charge in [-0.2, -0.15) is 0 Å². The summed E-state index contributed by atoms with van der Waals surface area (Å²) in [5.41, 5.74) is 1.38. The van der Waals surface area contributed by atoms with Crippen molar-refractivity contribution in [2.45, 2.75) is 90.0 Å². The SMILES string of the molecule is CCCCCCCCCCCC(CCc1ccc(Cl)cc1)[n+]1cc[nH]c1. The number of unbranched alkanes of at least 4 members (excludes halogenated alkanes) is 8. The fourth-order valence-corrected chi connectivity index (χ4v) is 3.77. The third-order valence-corrected chi connectivity index (χ3v) is 5.56. The van der Waals surface area contributed by atoms with Gasteiger partial charge in [0.15, 0.2) is 0 Å². The maximum atomic E-state index is 5.99. The van der Waals surface area contributed by atoms with Gasteiger partial charge in [0.25, 0.3) is 0 Å². The van der Waals surface area contributed by atoms with Gasteiger partial charge >= 0.3 is 0 Å². The summed E-state index contributed by atoms with van der Waals surface area (Å²) in [4.78, 5) is 3.20. The first kappa shape index (κ1) is 21.0. The summed E-state index contributed by atoms with van der Waals surface area (Å²) in [7, 11) is 0. The topological polar surface area (TPSA) is 19.7 Å². The largest absolute Gasteiger partial charge is 0.250 e. The van der Waals surface area contributed by atoms with Crippen LogP contribution in [-0.2, 0) is 6.42 Å². The van der Waals surface area contributed by atoms with Crippen LogP contribution in [0.4, 0.5) is 0 Å². The van der Waals surface area contributed by atoms with Crippen molar-refractivity contribution in [2.24, 2.45) is 0 Å². The molecule has 0 fully saturated rings. The number of aromatic nitrogens is 2. The summed E-state index contributed by atoms with van der Waals surface area (Å²) in [6, 6.07) is 8.88. The van der Waals surface area contributed by atoms with Gasteiger partial charge in [0.05, 0.1) is 0 Å². The molecule has 2 rings (SSSR count). The quantitative estimate of drug-likeness (QED) is 0.269. The predicted molar refractivity (Wildman–Crippen MR) is 112 cm³/mol. The Kier molecular flexibility index (Phi) is 10.5. The van der Waals surface area contributed by atoms with Crippen LogP contribution in [0.15, 0.2) is 43.0 Å². The number of aromatic amines is 1. The second kappa shape index (κ2) is 13.0. The van der Waals surface area contributed by atoms with E-state index in [4.69, 9.17) is 11.6 Å². The monoisotopic (exact) mass is 375 g/mol. The molecular weight excluding hydrogens is 340 g/mol. The maximum absolute atomic E-state index is 5.99. The molecule has 0 radical (unpaired) electrons. The Hall–Kier alpha value is -1.28. The number of halogens is 1. The van der Waals surface area contributed by atoms with Crippen LogP contribution in [0, 0.1) is 0 Å². The lowest BCUT2D eigenvalue weighted by Gasteiger charge is -2.14. The van der Waals surface area contributed by atoms with Crippen LogP contribution in [0.3, 0.4) is 0 Å². The van der Waals surface area contributed by atoms with Crippen LogP contribution < -0.4 is 4.57 Å². The fourth-order valence-electron chi connectivity index (χ4n) is 3.65. The molecule has 1 heterocycles. The smallest absolute Gasteiger partial charge is 0.241 e. The highest BCUT2D eigenvalue weighted by molar-refractivity contribution is 6.30. The highest BCUT2D eigenvalue weighted by atomic mass is 35.5. The van der Waals surface area contributed by atoms with Gasteiger partial charge in [-0.15, -0.1) is 0 Å². The zero-order chi connectivity index (χ0) is 18.5. The molecule has 0 saturated carbocycles. The van der Waals surface area contributed by atoms with Gasteiger partial charge in [0, 0.05) is 5.02 Å². The van der Waals surface area contributed by atoms with Gasteiger partial charge in [-0.05, 0) is 43.4 Å². The van der Waals surface area contributed by atoms with Crippen LogP contribution in [0.5, 0.6) is 0 Å². The Balaban J connectivity index is 1.66. The molecule has 1 N–H and O–H groups in total. The van der Waals surface area contributed by atoms with Gasteiger partial charge < -0.3 is 0 Å². The molecule has 144 valence electrons. The van der Waals surface area contributed by atoms with Crippen LogP contribution >= 0.6 is 11.6 Å². The number of nitrogens with one attached hydrogen (secondary N) is 1. The van der Waals surface area contributed by atoms with E-state index in [0.29, 0.717) is 6.04 Å². The number of nitrogens with zero attached hydrogens (tertiary/aromatic N) is 1. The third-order valence-electron chi connectivity index (χ3n) is 5.31. The van der Waals surface area contributed by atoms with Crippen LogP contribution in [-0.4, -0.2) is 4.98 Å². The molecule has 1 aromatic carbocycles. The average Bonchev–Trinajstić information content (AvgIpc) is 3.18. The van der Waals surface area contributed by atoms with Gasteiger partial charge in [0.1, 0.15) is 18.4 Å². The van der Waals surface area contributed by atoms with E-state index in [-0.39, 0.29) is 0 Å². The average molecular weight is 376 g/mol. The number of hydrogen-bond donors (Lipinski definition) is 1. The lowest BCUT2D eigenvalue weighted by molar-refractivity contribution is -0.723. The third kappa shape index (κ3) is 8.40. The molecule has 0 aliphatic rings. The Bertz CT molecular complexity index is 562. The number of H-pyrrole nitrogens is 1. The molecule has 0 bridgehead atoms. The summed E-state index contributed by atoms with van der Waals surface area (Å²) in [6.07, 6.45) is 22.4. The van der Waals surface area contributed by atoms with E-state index in [0.717, 1.165) is 11.4 Å². The Morgan fingerprint density at radius 2 is 1.54 bits per heavy atom. The standard InChI is InChI=1S/C23H35ClN2/c1-2-3-4-5-6-7-8-9-10-11-23(26-19-18-25-20-26)17-14-21-12-15-22(24)16-13-21/h12-13,15-16,18-20,23H,2-11,14,17H2,1H3/p+1. The van der Waals surface area contributed by atoms with Crippen LogP contribution in [0.2, 0.25) is 5.02 Å². The number of hydrogen-bond acceptors (Lipinski definition) is 0. The Morgan fingerprint density at radius 3 is 2.15 bits per heavy atom. The predicted octanol–water partition coefficient (Wildman–Crippen LogP) is 7.05. The number of aryl methyl sites for hydroxylation is 1. The minimum atomic E-state index is 0.585. The number of imidazole rings is 1. The van der Waals surface area contributed by atoms with Crippen molar-refractivity contribution in [3.8, 4) is 0 Å². The Morgan fingerprint density at radius 1 is 0.885 bits per heavy atom. The number of benzene rings is 1. The van der Waals surface area contributed by atoms with E-state index in [1.807, 2.05) is 18.3 Å². The number of rotatable bonds is 14. The second-order valence-electron chi connectivity index (χ2n) is 7.49. The second-order valence-corrected chi connectivity index (χ2v) is 7.93. The molecule has 0 amide bonds. The van der Waals surface area contributed by atoms with E-state index in [9.17, 15) is 0 Å². The van der Waals surface area contributed by atoms with E-state index >= 15 is 0 Å². The molecule has 26 heavy (non-hydrogen) atoms. The minimum Gasteiger partial charge on any atom is -0.250 e. The first-order valence-electron chi connectivity index (χ1n) is 10.6. The van der Waals surface area contributed by atoms with Crippen molar-refractivity contribution >= 4 is 11.6 Å². The molecule has 0 aliphatic heterocycles. The fraction of sp³-hybridized carbons (Fsp3) is 0.609. The molecule has 1 aromatic heterocycles. The molecule has 2 nitrogen and oxygen atoms in total. The molecule has 3 heteroatoms. The van der Waals surface area contributed by atoms with Gasteiger partial charge in [0.2, 0.25) is 6.33 Å². The van der Waals surface area contributed by atoms with Crippen molar-refractivity contribution in [1.82, 2.24) is 4.98 Å². The van der Waals surface area contributed by atoms with Gasteiger partial charge in [-0.25, -0.2) is 4.57 Å². The van der Waals surface area contributed by atoms with Gasteiger partial charge in [-0.1, -0.05) is 82.0 Å². The summed E-state index contributed by atoms with van der Waals surface area (Å²) >= 11 is 5.99. The zero-order valence-corrected chi connectivity index (χ0v) is 17.2. The zero-order valence-electron chi connectivity index (χ0n) is 16.4. The summed E-state index contributed by atoms with van der Waals surface area (Å²) in [5.74, 6) is 0. The summed E-state index contributed by atoms with van der Waals surface area (Å²) in [5, 5.41) is 0.819. The van der Waals surface area contributed by atoms with Crippen molar-refractivity contribution in [2.75, 3.05) is 0 Å². The van der Waals surface area contributed by atoms with E-state index in [1.54, 1.807) is 0 Å². The van der Waals surface area contributed by atoms with E-state index in [2.05, 4.69) is 41.1 Å². The molecule has 2 aromatic rings. The highest BCUT2D eigenvalue weighted by Gasteiger charge is 2.15. The van der Waals surface area contributed by atoms with Crippen molar-refractivity contribution in [3.63, 3.8) is 0 Å². The van der Waals surface area contributed by atoms with E-state index < -0.39 is 0 Å². The first-order valence-corrected chi connectivity index (χ1v) is 11.0. The summed E-state index contributed by atoms with van der Waals surface area (Å²) in [6.45, 7) is 2.28. The minimum absolute atomic E-state index is 0.585. The highest BCUT2D eigenvalue weighted by Crippen LogP contribution is 2.19. The molecule has 1 atom stereocenters. The van der Waals surface area contributed by atoms with Crippen LogP contribution in [0.1, 0.15) is 89.2 Å². The first-order chi connectivity index (χ1) is 12.8. The molecule has 1 unspecified atom stereocenters. The molecule has 0 saturated heterocycles. The van der Waals surface area contributed by atoms with Crippen molar-refractivity contribution in [1.29, 1.82) is 0 Å². The van der Waals surface area contributed by atoms with Gasteiger partial charge in [-0.3, -0.25) is 4.98 Å². The Labute approximate surface area is 165 Å². The van der Waals surface area contributed by atoms with E-state index in [1.165, 1.54) is 76.2 Å². The molecule has 0 aliphatic carbocycles. The lowest BCUT2D eigenvalue weighted by Crippen LogP contribution is -2.37. The summed E-state index contributed by atoms with van der Waals surface area (Å²) < 4.78 is 2.35. The molecular formula is C23H36ClN2+. The molecule has 0 spiro atoms. The van der Waals surface area contributed by atoms with Crippen LogP contribution in [0.25, 0.3) is 0 Å². The maximum Gasteiger partial charge on any atom is 0.241 e.